The normalized spacial score (nSPS) is 10.2. The van der Waals surface area contributed by atoms with Crippen molar-refractivity contribution in [3.63, 3.8) is 0 Å². The Hall–Kier alpha value is -1.30. The molecule has 3 rings (SSSR count). The second kappa shape index (κ2) is 5.56. The van der Waals surface area contributed by atoms with Gasteiger partial charge in [-0.2, -0.15) is 0 Å². The molecule has 0 spiro atoms. The number of H-pyrrole nitrogens is 1. The van der Waals surface area contributed by atoms with Crippen molar-refractivity contribution >= 4 is 44.4 Å². The van der Waals surface area contributed by atoms with Gasteiger partial charge < -0.3 is 9.72 Å². The first kappa shape index (κ1) is 13.1. The number of ether oxygens (including phenoxy) is 1. The molecule has 0 saturated carbocycles. The summed E-state index contributed by atoms with van der Waals surface area (Å²) in [6, 6.07) is 8.10. The van der Waals surface area contributed by atoms with E-state index < -0.39 is 0 Å². The van der Waals surface area contributed by atoms with Gasteiger partial charge in [0.15, 0.2) is 0 Å². The highest BCUT2D eigenvalue weighted by Crippen LogP contribution is 2.28. The lowest BCUT2D eigenvalue weighted by Crippen LogP contribution is -1.80. The quantitative estimate of drug-likeness (QED) is 0.528. The lowest BCUT2D eigenvalue weighted by atomic mass is 10.1. The molecule has 0 saturated heterocycles. The van der Waals surface area contributed by atoms with E-state index in [9.17, 15) is 0 Å². The molecule has 0 bridgehead atoms. The lowest BCUT2D eigenvalue weighted by molar-refractivity contribution is 0.415. The maximum atomic E-state index is 5.21. The molecule has 0 fully saturated rings. The van der Waals surface area contributed by atoms with Crippen LogP contribution in [-0.4, -0.2) is 22.0 Å². The third-order valence-corrected chi connectivity index (χ3v) is 2.92. The average Bonchev–Trinajstić information content (AvgIpc) is 2.80. The molecule has 3 aromatic rings. The van der Waals surface area contributed by atoms with E-state index >= 15 is 0 Å². The summed E-state index contributed by atoms with van der Waals surface area (Å²) >= 11 is 2.15. The predicted octanol–water partition coefficient (Wildman–Crippen LogP) is 4.08. The smallest absolute Gasteiger partial charge is 0.120 e. The predicted molar refractivity (Wildman–Crippen MR) is 84.8 cm³/mol. The van der Waals surface area contributed by atoms with E-state index in [0.29, 0.717) is 0 Å². The van der Waals surface area contributed by atoms with E-state index in [0.717, 1.165) is 22.5 Å². The van der Waals surface area contributed by atoms with Gasteiger partial charge in [0.05, 0.1) is 23.8 Å². The van der Waals surface area contributed by atoms with Crippen LogP contribution in [0.1, 0.15) is 5.69 Å². The van der Waals surface area contributed by atoms with E-state index in [1.807, 2.05) is 36.3 Å². The Morgan fingerprint density at radius 3 is 2.67 bits per heavy atom. The van der Waals surface area contributed by atoms with E-state index in [4.69, 9.17) is 4.74 Å². The first-order valence-electron chi connectivity index (χ1n) is 5.58. The van der Waals surface area contributed by atoms with Crippen LogP contribution in [-0.2, 0) is 0 Å². The van der Waals surface area contributed by atoms with E-state index in [-0.39, 0.29) is 0 Å². The Bertz CT molecular complexity index is 676. The van der Waals surface area contributed by atoms with Crippen molar-refractivity contribution in [2.24, 2.45) is 0 Å². The van der Waals surface area contributed by atoms with Crippen LogP contribution in [0.25, 0.3) is 21.8 Å². The van der Waals surface area contributed by atoms with Crippen molar-refractivity contribution in [2.75, 3.05) is 12.0 Å². The number of halogens is 1. The molecule has 0 aliphatic heterocycles. The Balaban J connectivity index is 0.000000574. The third kappa shape index (κ3) is 2.16. The van der Waals surface area contributed by atoms with Gasteiger partial charge in [0.1, 0.15) is 5.75 Å². The average molecular weight is 354 g/mol. The topological polar surface area (TPSA) is 37.9 Å². The molecule has 2 aromatic heterocycles. The minimum Gasteiger partial charge on any atom is -0.497 e. The molecular formula is C14H15IN2O. The summed E-state index contributed by atoms with van der Waals surface area (Å²) < 4.78 is 5.21. The number of aromatic nitrogens is 2. The number of benzene rings is 1. The van der Waals surface area contributed by atoms with Gasteiger partial charge in [-0.15, -0.1) is 0 Å². The summed E-state index contributed by atoms with van der Waals surface area (Å²) in [7, 11) is 1.68. The molecular weight excluding hydrogens is 339 g/mol. The monoisotopic (exact) mass is 354 g/mol. The highest BCUT2D eigenvalue weighted by Gasteiger charge is 2.06. The maximum absolute atomic E-state index is 5.21. The number of fused-ring (bicyclic) bond motifs is 3. The number of nitrogens with one attached hydrogen (secondary N) is 1. The lowest BCUT2D eigenvalue weighted by Gasteiger charge is -1.98. The second-order valence-electron chi connectivity index (χ2n) is 3.86. The summed E-state index contributed by atoms with van der Waals surface area (Å²) in [6.45, 7) is 2.01. The molecule has 0 aliphatic carbocycles. The van der Waals surface area contributed by atoms with E-state index in [1.54, 1.807) is 7.11 Å². The van der Waals surface area contributed by atoms with Crippen molar-refractivity contribution in [3.8, 4) is 5.75 Å². The molecule has 1 N–H and O–H groups in total. The van der Waals surface area contributed by atoms with Crippen LogP contribution in [0.2, 0.25) is 0 Å². The highest BCUT2D eigenvalue weighted by molar-refractivity contribution is 14.1. The van der Waals surface area contributed by atoms with Crippen LogP contribution < -0.4 is 4.74 Å². The molecule has 94 valence electrons. The largest absolute Gasteiger partial charge is 0.497 e. The first-order chi connectivity index (χ1) is 8.79. The van der Waals surface area contributed by atoms with Crippen molar-refractivity contribution in [2.45, 2.75) is 6.92 Å². The molecule has 3 nitrogen and oxygen atoms in total. The Morgan fingerprint density at radius 1 is 1.17 bits per heavy atom. The van der Waals surface area contributed by atoms with Crippen LogP contribution >= 0.6 is 22.6 Å². The number of rotatable bonds is 1. The maximum Gasteiger partial charge on any atom is 0.120 e. The zero-order valence-electron chi connectivity index (χ0n) is 10.6. The number of methoxy groups -OCH3 is 1. The number of aromatic amines is 1. The zero-order valence-corrected chi connectivity index (χ0v) is 12.8. The number of aryl methyl sites for hydroxylation is 1. The van der Waals surface area contributed by atoms with Gasteiger partial charge in [-0.05, 0) is 30.1 Å². The molecule has 0 radical (unpaired) electrons. The van der Waals surface area contributed by atoms with E-state index in [2.05, 4.69) is 38.6 Å². The fraction of sp³-hybridized carbons (Fsp3) is 0.214. The molecule has 4 heteroatoms. The van der Waals surface area contributed by atoms with Gasteiger partial charge in [-0.3, -0.25) is 4.98 Å². The number of alkyl halides is 1. The molecule has 18 heavy (non-hydrogen) atoms. The van der Waals surface area contributed by atoms with Crippen LogP contribution in [0.15, 0.2) is 30.5 Å². The third-order valence-electron chi connectivity index (χ3n) is 2.92. The highest BCUT2D eigenvalue weighted by atomic mass is 127. The Labute approximate surface area is 120 Å². The van der Waals surface area contributed by atoms with Gasteiger partial charge >= 0.3 is 0 Å². The second-order valence-corrected chi connectivity index (χ2v) is 3.86. The molecule has 1 aromatic carbocycles. The molecule has 0 atom stereocenters. The molecule has 2 heterocycles. The summed E-state index contributed by atoms with van der Waals surface area (Å²) in [5.41, 5.74) is 3.21. The van der Waals surface area contributed by atoms with Crippen molar-refractivity contribution in [3.05, 3.63) is 36.2 Å². The van der Waals surface area contributed by atoms with Crippen LogP contribution in [0.3, 0.4) is 0 Å². The van der Waals surface area contributed by atoms with Crippen LogP contribution in [0.5, 0.6) is 5.75 Å². The van der Waals surface area contributed by atoms with Gasteiger partial charge in [-0.1, -0.05) is 22.6 Å². The van der Waals surface area contributed by atoms with Gasteiger partial charge in [0, 0.05) is 23.0 Å². The Kier molecular flexibility index (Phi) is 4.06. The summed E-state index contributed by atoms with van der Waals surface area (Å²) in [4.78, 5) is 9.63. The number of nitrogens with zero attached hydrogens (tertiary/aromatic N) is 1. The Morgan fingerprint density at radius 2 is 1.94 bits per heavy atom. The molecule has 0 amide bonds. The fourth-order valence-corrected chi connectivity index (χ4v) is 2.07. The van der Waals surface area contributed by atoms with Crippen LogP contribution in [0.4, 0.5) is 0 Å². The van der Waals surface area contributed by atoms with Gasteiger partial charge in [0.25, 0.3) is 0 Å². The fourth-order valence-electron chi connectivity index (χ4n) is 2.07. The minimum absolute atomic E-state index is 0.865. The van der Waals surface area contributed by atoms with Crippen molar-refractivity contribution < 1.29 is 4.74 Å². The zero-order chi connectivity index (χ0) is 13.1. The summed E-state index contributed by atoms with van der Waals surface area (Å²) in [5.74, 6) is 0.865. The van der Waals surface area contributed by atoms with Gasteiger partial charge in [0.2, 0.25) is 0 Å². The minimum atomic E-state index is 0.865. The first-order valence-corrected chi connectivity index (χ1v) is 7.74. The number of hydrogen-bond acceptors (Lipinski definition) is 2. The number of pyridine rings is 1. The van der Waals surface area contributed by atoms with Gasteiger partial charge in [-0.25, -0.2) is 0 Å². The standard InChI is InChI=1S/C13H12N2O.CH3I/c1-8-13-11(5-6-14-8)10-4-3-9(16-2)7-12(10)15-13;1-2/h3-7,15H,1-2H3;1H3. The van der Waals surface area contributed by atoms with Crippen LogP contribution in [0, 0.1) is 6.92 Å². The summed E-state index contributed by atoms with van der Waals surface area (Å²) in [5, 5.41) is 2.42. The molecule has 0 aliphatic rings. The summed E-state index contributed by atoms with van der Waals surface area (Å²) in [6.07, 6.45) is 1.84. The van der Waals surface area contributed by atoms with E-state index in [1.165, 1.54) is 10.8 Å². The SMILES string of the molecule is CI.COc1ccc2c(c1)[nH]c1c(C)nccc12. The number of hydrogen-bond donors (Lipinski definition) is 1. The molecule has 0 unspecified atom stereocenters. The van der Waals surface area contributed by atoms with Crippen molar-refractivity contribution in [1.82, 2.24) is 9.97 Å². The van der Waals surface area contributed by atoms with Crippen molar-refractivity contribution in [1.29, 1.82) is 0 Å².